The highest BCUT2D eigenvalue weighted by molar-refractivity contribution is 5.90. The third-order valence-electron chi connectivity index (χ3n) is 5.97. The lowest BCUT2D eigenvalue weighted by molar-refractivity contribution is -0.0639. The van der Waals surface area contributed by atoms with Gasteiger partial charge in [-0.2, -0.15) is 4.98 Å². The second-order valence-corrected chi connectivity index (χ2v) is 8.67. The summed E-state index contributed by atoms with van der Waals surface area (Å²) in [6.45, 7) is -0.437. The number of pyridine rings is 3. The maximum absolute atomic E-state index is 13.1. The summed E-state index contributed by atoms with van der Waals surface area (Å²) in [5.74, 6) is -2.42. The van der Waals surface area contributed by atoms with Crippen molar-refractivity contribution in [3.63, 3.8) is 0 Å². The summed E-state index contributed by atoms with van der Waals surface area (Å²) in [6.07, 6.45) is 4.37. The Morgan fingerprint density at radius 1 is 0.805 bits per heavy atom. The molecule has 0 saturated carbocycles. The molecular formula is C27H22N6O8. The highest BCUT2D eigenvalue weighted by atomic mass is 16.7. The first-order valence-electron chi connectivity index (χ1n) is 12.2. The van der Waals surface area contributed by atoms with Gasteiger partial charge >= 0.3 is 23.6 Å². The molecule has 1 aliphatic rings. The molecule has 4 aromatic rings. The van der Waals surface area contributed by atoms with Crippen LogP contribution in [0.1, 0.15) is 37.3 Å². The fourth-order valence-corrected chi connectivity index (χ4v) is 4.03. The first kappa shape index (κ1) is 27.1. The predicted octanol–water partition coefficient (Wildman–Crippen LogP) is 1.22. The standard InChI is InChI=1S/C27H22N6O8/c28-20-7-11-33(27(37)32-20)23-22(41-26(36)18-6-3-10-31-14-18)21(40-25(35)17-5-2-9-30-13-17)19(39-23)15-38-24(34)16-4-1-8-29-12-16/h1-14,19,21-23H,15H2,(H2,28,32,37)/t19-,21-,22-,23-/m1/s1. The van der Waals surface area contributed by atoms with Crippen LogP contribution in [0.3, 0.4) is 0 Å². The van der Waals surface area contributed by atoms with E-state index in [-0.39, 0.29) is 22.5 Å². The van der Waals surface area contributed by atoms with Crippen LogP contribution in [0.5, 0.6) is 0 Å². The van der Waals surface area contributed by atoms with Crippen molar-refractivity contribution < 1.29 is 33.3 Å². The number of hydrogen-bond acceptors (Lipinski definition) is 13. The summed E-state index contributed by atoms with van der Waals surface area (Å²) in [6, 6.07) is 10.4. The van der Waals surface area contributed by atoms with Crippen LogP contribution >= 0.6 is 0 Å². The Labute approximate surface area is 231 Å². The molecule has 1 aliphatic heterocycles. The maximum Gasteiger partial charge on any atom is 0.351 e. The van der Waals surface area contributed by atoms with E-state index in [9.17, 15) is 19.2 Å². The van der Waals surface area contributed by atoms with E-state index in [1.807, 2.05) is 0 Å². The lowest BCUT2D eigenvalue weighted by Crippen LogP contribution is -2.42. The molecule has 0 aromatic carbocycles. The fourth-order valence-electron chi connectivity index (χ4n) is 4.03. The molecule has 0 aliphatic carbocycles. The van der Waals surface area contributed by atoms with E-state index in [4.69, 9.17) is 24.7 Å². The number of anilines is 1. The molecule has 208 valence electrons. The summed E-state index contributed by atoms with van der Waals surface area (Å²) in [4.78, 5) is 67.0. The lowest BCUT2D eigenvalue weighted by Gasteiger charge is -2.25. The van der Waals surface area contributed by atoms with Crippen molar-refractivity contribution in [2.75, 3.05) is 12.3 Å². The van der Waals surface area contributed by atoms with Gasteiger partial charge in [0.2, 0.25) is 0 Å². The molecule has 4 atom stereocenters. The quantitative estimate of drug-likeness (QED) is 0.240. The largest absolute Gasteiger partial charge is 0.459 e. The molecule has 1 saturated heterocycles. The number of rotatable bonds is 8. The van der Waals surface area contributed by atoms with E-state index in [0.717, 1.165) is 4.57 Å². The first-order chi connectivity index (χ1) is 19.9. The monoisotopic (exact) mass is 558 g/mol. The molecule has 5 rings (SSSR count). The van der Waals surface area contributed by atoms with E-state index >= 15 is 0 Å². The molecule has 1 fully saturated rings. The SMILES string of the molecule is Nc1ccn([C@@H]2O[C@H](COC(=O)c3cccnc3)[C@@H](OC(=O)c3cccnc3)[C@H]2OC(=O)c2cccnc2)c(=O)n1. The number of carbonyl (C=O) groups is 3. The highest BCUT2D eigenvalue weighted by Crippen LogP contribution is 2.34. The molecule has 5 heterocycles. The van der Waals surface area contributed by atoms with E-state index < -0.39 is 54.7 Å². The molecule has 4 aromatic heterocycles. The van der Waals surface area contributed by atoms with Crippen LogP contribution in [0.15, 0.2) is 90.6 Å². The zero-order valence-corrected chi connectivity index (χ0v) is 21.2. The van der Waals surface area contributed by atoms with Crippen LogP contribution in [0.2, 0.25) is 0 Å². The molecule has 0 radical (unpaired) electrons. The fraction of sp³-hybridized carbons (Fsp3) is 0.185. The van der Waals surface area contributed by atoms with Crippen LogP contribution in [-0.4, -0.2) is 67.3 Å². The summed E-state index contributed by atoms with van der Waals surface area (Å²) < 4.78 is 24.0. The summed E-state index contributed by atoms with van der Waals surface area (Å²) >= 11 is 0. The number of nitrogen functional groups attached to an aromatic ring is 1. The smallest absolute Gasteiger partial charge is 0.351 e. The zero-order chi connectivity index (χ0) is 28.8. The Hall–Kier alpha value is -5.50. The van der Waals surface area contributed by atoms with Gasteiger partial charge in [-0.15, -0.1) is 0 Å². The van der Waals surface area contributed by atoms with Crippen molar-refractivity contribution in [1.82, 2.24) is 24.5 Å². The topological polar surface area (TPSA) is 188 Å². The van der Waals surface area contributed by atoms with Gasteiger partial charge in [0.15, 0.2) is 18.4 Å². The summed E-state index contributed by atoms with van der Waals surface area (Å²) in [7, 11) is 0. The molecule has 14 heteroatoms. The van der Waals surface area contributed by atoms with Gasteiger partial charge in [-0.1, -0.05) is 0 Å². The summed E-state index contributed by atoms with van der Waals surface area (Å²) in [5, 5.41) is 0. The van der Waals surface area contributed by atoms with Crippen molar-refractivity contribution in [2.24, 2.45) is 0 Å². The van der Waals surface area contributed by atoms with Crippen molar-refractivity contribution in [3.8, 4) is 0 Å². The third kappa shape index (κ3) is 6.23. The van der Waals surface area contributed by atoms with E-state index in [1.165, 1.54) is 79.8 Å². The Morgan fingerprint density at radius 3 is 1.85 bits per heavy atom. The van der Waals surface area contributed by atoms with Gasteiger partial charge in [-0.3, -0.25) is 19.5 Å². The van der Waals surface area contributed by atoms with Gasteiger partial charge in [0.1, 0.15) is 18.5 Å². The maximum atomic E-state index is 13.1. The molecule has 14 nitrogen and oxygen atoms in total. The number of hydrogen-bond donors (Lipinski definition) is 1. The second-order valence-electron chi connectivity index (χ2n) is 8.67. The molecule has 0 amide bonds. The number of nitrogens with zero attached hydrogens (tertiary/aromatic N) is 5. The normalized spacial score (nSPS) is 19.7. The van der Waals surface area contributed by atoms with Crippen LogP contribution in [0, 0.1) is 0 Å². The van der Waals surface area contributed by atoms with Gasteiger partial charge < -0.3 is 24.7 Å². The minimum atomic E-state index is -1.39. The van der Waals surface area contributed by atoms with Gasteiger partial charge in [-0.25, -0.2) is 19.2 Å². The lowest BCUT2D eigenvalue weighted by atomic mass is 10.1. The molecule has 41 heavy (non-hydrogen) atoms. The van der Waals surface area contributed by atoms with Crippen molar-refractivity contribution in [3.05, 3.63) is 113 Å². The van der Waals surface area contributed by atoms with Crippen LogP contribution in [0.4, 0.5) is 5.82 Å². The predicted molar refractivity (Wildman–Crippen MR) is 138 cm³/mol. The molecule has 2 N–H and O–H groups in total. The second kappa shape index (κ2) is 12.1. The van der Waals surface area contributed by atoms with Gasteiger partial charge in [0.05, 0.1) is 16.7 Å². The number of nitrogens with two attached hydrogens (primary N) is 1. The first-order valence-corrected chi connectivity index (χ1v) is 12.2. The van der Waals surface area contributed by atoms with E-state index in [1.54, 1.807) is 6.07 Å². The molecular weight excluding hydrogens is 536 g/mol. The van der Waals surface area contributed by atoms with Crippen LogP contribution in [-0.2, 0) is 18.9 Å². The Balaban J connectivity index is 1.49. The number of carbonyl (C=O) groups excluding carboxylic acids is 3. The Bertz CT molecular complexity index is 1590. The minimum absolute atomic E-state index is 0.0466. The van der Waals surface area contributed by atoms with Crippen LogP contribution in [0.25, 0.3) is 0 Å². The molecule has 0 spiro atoms. The zero-order valence-electron chi connectivity index (χ0n) is 21.2. The van der Waals surface area contributed by atoms with Gasteiger partial charge in [-0.05, 0) is 42.5 Å². The van der Waals surface area contributed by atoms with Crippen molar-refractivity contribution in [2.45, 2.75) is 24.5 Å². The highest BCUT2D eigenvalue weighted by Gasteiger charge is 2.51. The Morgan fingerprint density at radius 2 is 1.34 bits per heavy atom. The third-order valence-corrected chi connectivity index (χ3v) is 5.97. The molecule has 0 unspecified atom stereocenters. The number of esters is 3. The average Bonchev–Trinajstić information content (AvgIpc) is 3.33. The Kier molecular flexibility index (Phi) is 8.01. The molecule has 0 bridgehead atoms. The van der Waals surface area contributed by atoms with Gasteiger partial charge in [0.25, 0.3) is 0 Å². The van der Waals surface area contributed by atoms with E-state index in [2.05, 4.69) is 19.9 Å². The average molecular weight is 559 g/mol. The van der Waals surface area contributed by atoms with Crippen molar-refractivity contribution >= 4 is 23.7 Å². The number of ether oxygens (including phenoxy) is 4. The van der Waals surface area contributed by atoms with E-state index in [0.29, 0.717) is 0 Å². The van der Waals surface area contributed by atoms with Crippen LogP contribution < -0.4 is 11.4 Å². The number of aromatic nitrogens is 5. The minimum Gasteiger partial charge on any atom is -0.459 e. The summed E-state index contributed by atoms with van der Waals surface area (Å²) in [5.41, 5.74) is 5.19. The van der Waals surface area contributed by atoms with Gasteiger partial charge in [0, 0.05) is 43.4 Å². The van der Waals surface area contributed by atoms with Crippen molar-refractivity contribution in [1.29, 1.82) is 0 Å².